The summed E-state index contributed by atoms with van der Waals surface area (Å²) in [5, 5.41) is 8.64. The third-order valence-electron chi connectivity index (χ3n) is 1.66. The molecule has 1 rings (SSSR count). The Kier molecular flexibility index (Phi) is 2.56. The lowest BCUT2D eigenvalue weighted by Gasteiger charge is -2.06. The van der Waals surface area contributed by atoms with Crippen molar-refractivity contribution < 1.29 is 14.3 Å². The topological polar surface area (TPSA) is 63.3 Å². The van der Waals surface area contributed by atoms with Crippen molar-refractivity contribution in [3.05, 3.63) is 27.5 Å². The van der Waals surface area contributed by atoms with Gasteiger partial charge in [-0.15, -0.1) is 0 Å². The van der Waals surface area contributed by atoms with Crippen LogP contribution in [0.15, 0.2) is 10.5 Å². The van der Waals surface area contributed by atoms with Gasteiger partial charge in [-0.2, -0.15) is 0 Å². The van der Waals surface area contributed by atoms with Crippen molar-refractivity contribution in [1.29, 1.82) is 0 Å². The molecule has 0 spiro atoms. The summed E-state index contributed by atoms with van der Waals surface area (Å²) in [5.41, 5.74) is 5.22. The van der Waals surface area contributed by atoms with Crippen LogP contribution in [-0.2, 0) is 0 Å². The smallest absolute Gasteiger partial charge is 0.337 e. The number of hydrogen-bond acceptors (Lipinski definition) is 2. The van der Waals surface area contributed by atoms with Gasteiger partial charge in [0, 0.05) is 0 Å². The van der Waals surface area contributed by atoms with Gasteiger partial charge in [-0.1, -0.05) is 0 Å². The fraction of sp³-hybridized carbons (Fsp3) is 0.125. The van der Waals surface area contributed by atoms with E-state index in [1.54, 1.807) is 6.92 Å². The lowest BCUT2D eigenvalue weighted by molar-refractivity contribution is 0.0697. The van der Waals surface area contributed by atoms with Gasteiger partial charge in [0.15, 0.2) is 5.82 Å². The van der Waals surface area contributed by atoms with Crippen molar-refractivity contribution in [3.8, 4) is 0 Å². The minimum atomic E-state index is -1.23. The van der Waals surface area contributed by atoms with Crippen LogP contribution in [-0.4, -0.2) is 11.1 Å². The number of carboxylic acids is 1. The lowest BCUT2D eigenvalue weighted by atomic mass is 10.1. The zero-order chi connectivity index (χ0) is 10.2. The molecule has 0 saturated heterocycles. The van der Waals surface area contributed by atoms with Gasteiger partial charge in [0.2, 0.25) is 0 Å². The molecule has 1 aromatic rings. The van der Waals surface area contributed by atoms with Crippen molar-refractivity contribution in [1.82, 2.24) is 0 Å². The van der Waals surface area contributed by atoms with Crippen molar-refractivity contribution in [2.45, 2.75) is 6.92 Å². The summed E-state index contributed by atoms with van der Waals surface area (Å²) in [6.07, 6.45) is 0. The highest BCUT2D eigenvalue weighted by molar-refractivity contribution is 9.10. The van der Waals surface area contributed by atoms with Gasteiger partial charge in [0.25, 0.3) is 0 Å². The van der Waals surface area contributed by atoms with Crippen molar-refractivity contribution in [2.75, 3.05) is 5.73 Å². The number of carboxylic acid groups (broad SMARTS) is 1. The van der Waals surface area contributed by atoms with E-state index < -0.39 is 11.8 Å². The molecule has 70 valence electrons. The van der Waals surface area contributed by atoms with Crippen LogP contribution in [0.5, 0.6) is 0 Å². The molecule has 0 aliphatic heterocycles. The first-order valence-electron chi connectivity index (χ1n) is 3.42. The molecular formula is C8H7BrFNO2. The first-order chi connectivity index (χ1) is 5.95. The van der Waals surface area contributed by atoms with Crippen LogP contribution in [0.25, 0.3) is 0 Å². The van der Waals surface area contributed by atoms with Crippen LogP contribution >= 0.6 is 15.9 Å². The van der Waals surface area contributed by atoms with Gasteiger partial charge in [-0.25, -0.2) is 9.18 Å². The molecule has 0 aliphatic carbocycles. The predicted octanol–water partition coefficient (Wildman–Crippen LogP) is 2.18. The fourth-order valence-electron chi connectivity index (χ4n) is 0.944. The molecule has 3 nitrogen and oxygen atoms in total. The Morgan fingerprint density at radius 3 is 2.69 bits per heavy atom. The molecule has 3 N–H and O–H groups in total. The number of nitrogens with two attached hydrogens (primary N) is 1. The molecule has 0 amide bonds. The Bertz CT molecular complexity index is 379. The van der Waals surface area contributed by atoms with E-state index in [-0.39, 0.29) is 15.7 Å². The van der Waals surface area contributed by atoms with Crippen LogP contribution in [0, 0.1) is 12.7 Å². The van der Waals surface area contributed by atoms with E-state index >= 15 is 0 Å². The number of aromatic carboxylic acids is 1. The monoisotopic (exact) mass is 247 g/mol. The number of nitrogen functional groups attached to an aromatic ring is 1. The van der Waals surface area contributed by atoms with Crippen molar-refractivity contribution in [3.63, 3.8) is 0 Å². The number of halogens is 2. The summed E-state index contributed by atoms with van der Waals surface area (Å²) < 4.78 is 13.4. The Hall–Kier alpha value is -1.10. The molecule has 0 bridgehead atoms. The number of hydrogen-bond donors (Lipinski definition) is 2. The highest BCUT2D eigenvalue weighted by atomic mass is 79.9. The third-order valence-corrected chi connectivity index (χ3v) is 2.63. The number of carbonyl (C=O) groups is 1. The first kappa shape index (κ1) is 9.98. The number of aryl methyl sites for hydroxylation is 1. The summed E-state index contributed by atoms with van der Waals surface area (Å²) >= 11 is 2.97. The second-order valence-corrected chi connectivity index (χ2v) is 3.38. The Balaban J connectivity index is 3.50. The molecule has 0 unspecified atom stereocenters. The molecule has 0 saturated carbocycles. The predicted molar refractivity (Wildman–Crippen MR) is 50.2 cm³/mol. The molecule has 0 atom stereocenters. The maximum absolute atomic E-state index is 13.2. The Labute approximate surface area is 82.5 Å². The van der Waals surface area contributed by atoms with Crippen molar-refractivity contribution >= 4 is 27.6 Å². The quantitative estimate of drug-likeness (QED) is 0.748. The maximum Gasteiger partial charge on any atom is 0.337 e. The van der Waals surface area contributed by atoms with Gasteiger partial charge in [0.1, 0.15) is 0 Å². The minimum Gasteiger partial charge on any atom is -0.478 e. The SMILES string of the molecule is Cc1cc(C(=O)O)c(N)c(F)c1Br. The van der Waals surface area contributed by atoms with E-state index in [0.717, 1.165) is 0 Å². The van der Waals surface area contributed by atoms with E-state index in [1.807, 2.05) is 0 Å². The molecule has 1 aromatic carbocycles. The maximum atomic E-state index is 13.2. The molecule has 5 heteroatoms. The van der Waals surface area contributed by atoms with Crippen LogP contribution in [0.4, 0.5) is 10.1 Å². The van der Waals surface area contributed by atoms with E-state index in [0.29, 0.717) is 5.56 Å². The van der Waals surface area contributed by atoms with E-state index in [9.17, 15) is 9.18 Å². The highest BCUT2D eigenvalue weighted by Gasteiger charge is 2.16. The molecule has 13 heavy (non-hydrogen) atoms. The van der Waals surface area contributed by atoms with Crippen molar-refractivity contribution in [2.24, 2.45) is 0 Å². The zero-order valence-corrected chi connectivity index (χ0v) is 8.35. The van der Waals surface area contributed by atoms with Gasteiger partial charge < -0.3 is 10.8 Å². The molecule has 0 aromatic heterocycles. The van der Waals surface area contributed by atoms with Gasteiger partial charge in [0.05, 0.1) is 15.7 Å². The van der Waals surface area contributed by atoms with Gasteiger partial charge in [-0.05, 0) is 34.5 Å². The number of rotatable bonds is 1. The average Bonchev–Trinajstić information content (AvgIpc) is 2.07. The third kappa shape index (κ3) is 1.65. The standard InChI is InChI=1S/C8H7BrFNO2/c1-3-2-4(8(12)13)7(11)6(10)5(3)9/h2H,11H2,1H3,(H,12,13). The number of anilines is 1. The summed E-state index contributed by atoms with van der Waals surface area (Å²) in [5.74, 6) is -1.95. The molecule has 0 heterocycles. The van der Waals surface area contributed by atoms with Crippen LogP contribution in [0.1, 0.15) is 15.9 Å². The fourth-order valence-corrected chi connectivity index (χ4v) is 1.27. The second-order valence-electron chi connectivity index (χ2n) is 2.59. The summed E-state index contributed by atoms with van der Waals surface area (Å²) in [6.45, 7) is 1.60. The zero-order valence-electron chi connectivity index (χ0n) is 6.77. The second kappa shape index (κ2) is 3.33. The summed E-state index contributed by atoms with van der Waals surface area (Å²) in [7, 11) is 0. The first-order valence-corrected chi connectivity index (χ1v) is 4.21. The van der Waals surface area contributed by atoms with Crippen LogP contribution in [0.2, 0.25) is 0 Å². The summed E-state index contributed by atoms with van der Waals surface area (Å²) in [4.78, 5) is 10.6. The Morgan fingerprint density at radius 1 is 1.69 bits per heavy atom. The Morgan fingerprint density at radius 2 is 2.23 bits per heavy atom. The van der Waals surface area contributed by atoms with Crippen LogP contribution in [0.3, 0.4) is 0 Å². The normalized spacial score (nSPS) is 10.1. The minimum absolute atomic E-state index is 0.204. The summed E-state index contributed by atoms with van der Waals surface area (Å²) in [6, 6.07) is 1.32. The van der Waals surface area contributed by atoms with E-state index in [2.05, 4.69) is 15.9 Å². The van der Waals surface area contributed by atoms with E-state index in [1.165, 1.54) is 6.07 Å². The van der Waals surface area contributed by atoms with Gasteiger partial charge in [-0.3, -0.25) is 0 Å². The molecule has 0 fully saturated rings. The average molecular weight is 248 g/mol. The van der Waals surface area contributed by atoms with E-state index in [4.69, 9.17) is 10.8 Å². The molecule has 0 aliphatic rings. The molecule has 0 radical (unpaired) electrons. The van der Waals surface area contributed by atoms with Gasteiger partial charge >= 0.3 is 5.97 Å². The largest absolute Gasteiger partial charge is 0.478 e. The molecular weight excluding hydrogens is 241 g/mol. The van der Waals surface area contributed by atoms with Crippen LogP contribution < -0.4 is 5.73 Å². The lowest BCUT2D eigenvalue weighted by Crippen LogP contribution is -2.06. The number of benzene rings is 1. The highest BCUT2D eigenvalue weighted by Crippen LogP contribution is 2.28.